The number of hydrogen-bond donors (Lipinski definition) is 3. The summed E-state index contributed by atoms with van der Waals surface area (Å²) in [6.45, 7) is 14.0. The standard InChI is InChI=1S/C27H36N4O2/c1-7-31(8-2)25(32)27(5,6)20-9-10-23-22(16-20)21(11-12-29-26(28)33)24(30-23)19-14-17(3)13-18(4)15-19/h9-10,13-16,30H,7-8,11-12H2,1-6H3,(H3,28,29,33). The number of carbonyl (C=O) groups is 2. The zero-order chi connectivity index (χ0) is 24.3. The van der Waals surface area contributed by atoms with Gasteiger partial charge in [-0.2, -0.15) is 0 Å². The van der Waals surface area contributed by atoms with Gasteiger partial charge in [-0.1, -0.05) is 23.3 Å². The molecule has 0 saturated carbocycles. The summed E-state index contributed by atoms with van der Waals surface area (Å²) in [7, 11) is 0. The Morgan fingerprint density at radius 1 is 1.03 bits per heavy atom. The Morgan fingerprint density at radius 2 is 1.67 bits per heavy atom. The van der Waals surface area contributed by atoms with Crippen LogP contribution in [0, 0.1) is 13.8 Å². The molecule has 0 bridgehead atoms. The van der Waals surface area contributed by atoms with Crippen molar-refractivity contribution in [2.45, 2.75) is 53.4 Å². The zero-order valence-corrected chi connectivity index (χ0v) is 20.6. The number of hydrogen-bond acceptors (Lipinski definition) is 2. The van der Waals surface area contributed by atoms with Crippen LogP contribution in [0.5, 0.6) is 0 Å². The predicted molar refractivity (Wildman–Crippen MR) is 135 cm³/mol. The van der Waals surface area contributed by atoms with Crippen LogP contribution in [0.25, 0.3) is 22.2 Å². The Labute approximate surface area is 196 Å². The maximum absolute atomic E-state index is 13.3. The first-order chi connectivity index (χ1) is 15.6. The summed E-state index contributed by atoms with van der Waals surface area (Å²) in [5.41, 5.74) is 12.3. The number of benzene rings is 2. The number of likely N-dealkylation sites (N-methyl/N-ethyl adjacent to an activating group) is 1. The number of aryl methyl sites for hydroxylation is 2. The molecule has 0 radical (unpaired) electrons. The smallest absolute Gasteiger partial charge is 0.312 e. The minimum Gasteiger partial charge on any atom is -0.354 e. The van der Waals surface area contributed by atoms with Gasteiger partial charge in [0, 0.05) is 36.2 Å². The van der Waals surface area contributed by atoms with E-state index in [0.29, 0.717) is 26.1 Å². The van der Waals surface area contributed by atoms with E-state index in [1.807, 2.05) is 38.7 Å². The van der Waals surface area contributed by atoms with Gasteiger partial charge in [0.25, 0.3) is 0 Å². The van der Waals surface area contributed by atoms with Gasteiger partial charge in [-0.25, -0.2) is 4.79 Å². The van der Waals surface area contributed by atoms with Crippen molar-refractivity contribution in [1.82, 2.24) is 15.2 Å². The minimum atomic E-state index is -0.652. The molecule has 3 amide bonds. The number of aromatic amines is 1. The largest absolute Gasteiger partial charge is 0.354 e. The highest BCUT2D eigenvalue weighted by Crippen LogP contribution is 2.35. The molecule has 0 aliphatic heterocycles. The van der Waals surface area contributed by atoms with Gasteiger partial charge >= 0.3 is 6.03 Å². The molecule has 4 N–H and O–H groups in total. The summed E-state index contributed by atoms with van der Waals surface area (Å²) in [6.07, 6.45) is 0.624. The van der Waals surface area contributed by atoms with Gasteiger partial charge < -0.3 is 20.9 Å². The maximum Gasteiger partial charge on any atom is 0.312 e. The quantitative estimate of drug-likeness (QED) is 0.461. The summed E-state index contributed by atoms with van der Waals surface area (Å²) in [6, 6.07) is 12.2. The van der Waals surface area contributed by atoms with Crippen LogP contribution in [0.15, 0.2) is 36.4 Å². The van der Waals surface area contributed by atoms with E-state index < -0.39 is 11.4 Å². The molecule has 3 rings (SSSR count). The van der Waals surface area contributed by atoms with E-state index in [1.165, 1.54) is 11.1 Å². The lowest BCUT2D eigenvalue weighted by Crippen LogP contribution is -2.43. The maximum atomic E-state index is 13.3. The molecule has 0 aliphatic carbocycles. The Balaban J connectivity index is 2.15. The predicted octanol–water partition coefficient (Wildman–Crippen LogP) is 4.81. The van der Waals surface area contributed by atoms with E-state index in [-0.39, 0.29) is 5.91 Å². The summed E-state index contributed by atoms with van der Waals surface area (Å²) < 4.78 is 0. The van der Waals surface area contributed by atoms with E-state index in [1.54, 1.807) is 0 Å². The molecule has 6 heteroatoms. The van der Waals surface area contributed by atoms with Crippen molar-refractivity contribution < 1.29 is 9.59 Å². The van der Waals surface area contributed by atoms with Gasteiger partial charge in [-0.05, 0) is 88.9 Å². The normalized spacial score (nSPS) is 11.6. The fourth-order valence-corrected chi connectivity index (χ4v) is 4.60. The van der Waals surface area contributed by atoms with Gasteiger partial charge in [0.1, 0.15) is 0 Å². The first-order valence-electron chi connectivity index (χ1n) is 11.6. The van der Waals surface area contributed by atoms with Crippen LogP contribution in [-0.2, 0) is 16.6 Å². The molecule has 0 atom stereocenters. The highest BCUT2D eigenvalue weighted by atomic mass is 16.2. The van der Waals surface area contributed by atoms with Crippen molar-refractivity contribution >= 4 is 22.8 Å². The number of rotatable bonds is 8. The Hall–Kier alpha value is -3.28. The number of amides is 3. The molecule has 0 saturated heterocycles. The average molecular weight is 449 g/mol. The van der Waals surface area contributed by atoms with Crippen molar-refractivity contribution in [1.29, 1.82) is 0 Å². The molecule has 1 heterocycles. The number of H-pyrrole nitrogens is 1. The number of carbonyl (C=O) groups excluding carboxylic acids is 2. The monoisotopic (exact) mass is 448 g/mol. The zero-order valence-electron chi connectivity index (χ0n) is 20.6. The lowest BCUT2D eigenvalue weighted by molar-refractivity contribution is -0.135. The molecule has 0 unspecified atom stereocenters. The number of nitrogens with zero attached hydrogens (tertiary/aromatic N) is 1. The van der Waals surface area contributed by atoms with Crippen LogP contribution in [-0.4, -0.2) is 41.5 Å². The van der Waals surface area contributed by atoms with E-state index in [2.05, 4.69) is 54.5 Å². The van der Waals surface area contributed by atoms with Gasteiger partial charge in [-0.3, -0.25) is 4.79 Å². The summed E-state index contributed by atoms with van der Waals surface area (Å²) >= 11 is 0. The van der Waals surface area contributed by atoms with Crippen LogP contribution >= 0.6 is 0 Å². The molecule has 0 spiro atoms. The van der Waals surface area contributed by atoms with Gasteiger partial charge in [0.2, 0.25) is 5.91 Å². The summed E-state index contributed by atoms with van der Waals surface area (Å²) in [4.78, 5) is 30.0. The van der Waals surface area contributed by atoms with Crippen molar-refractivity contribution in [3.8, 4) is 11.3 Å². The Morgan fingerprint density at radius 3 is 2.24 bits per heavy atom. The van der Waals surface area contributed by atoms with Crippen molar-refractivity contribution in [2.75, 3.05) is 19.6 Å². The van der Waals surface area contributed by atoms with Gasteiger partial charge in [0.15, 0.2) is 0 Å². The SMILES string of the molecule is CCN(CC)C(=O)C(C)(C)c1ccc2[nH]c(-c3cc(C)cc(C)c3)c(CCNC(N)=O)c2c1. The summed E-state index contributed by atoms with van der Waals surface area (Å²) in [5, 5.41) is 3.77. The van der Waals surface area contributed by atoms with Gasteiger partial charge in [0.05, 0.1) is 5.41 Å². The van der Waals surface area contributed by atoms with Crippen molar-refractivity contribution in [3.63, 3.8) is 0 Å². The third-order valence-electron chi connectivity index (χ3n) is 6.40. The first kappa shape index (κ1) is 24.4. The third kappa shape index (κ3) is 5.05. The summed E-state index contributed by atoms with van der Waals surface area (Å²) in [5.74, 6) is 0.119. The number of nitrogens with two attached hydrogens (primary N) is 1. The molecule has 2 aromatic carbocycles. The molecule has 0 aliphatic rings. The number of aromatic nitrogens is 1. The second-order valence-electron chi connectivity index (χ2n) is 9.26. The molecule has 1 aromatic heterocycles. The molecule has 176 valence electrons. The average Bonchev–Trinajstić information content (AvgIpc) is 3.11. The fraction of sp³-hybridized carbons (Fsp3) is 0.407. The van der Waals surface area contributed by atoms with Crippen molar-refractivity contribution in [2.24, 2.45) is 5.73 Å². The fourth-order valence-electron chi connectivity index (χ4n) is 4.60. The van der Waals surface area contributed by atoms with Crippen molar-refractivity contribution in [3.05, 3.63) is 58.7 Å². The van der Waals surface area contributed by atoms with Crippen LogP contribution in [0.1, 0.15) is 49.9 Å². The molecule has 0 fully saturated rings. The number of urea groups is 1. The topological polar surface area (TPSA) is 91.2 Å². The number of nitrogens with one attached hydrogen (secondary N) is 2. The number of fused-ring (bicyclic) bond motifs is 1. The second kappa shape index (κ2) is 9.69. The highest BCUT2D eigenvalue weighted by molar-refractivity contribution is 5.94. The molecule has 3 aromatic rings. The third-order valence-corrected chi connectivity index (χ3v) is 6.40. The van der Waals surface area contributed by atoms with Crippen LogP contribution in [0.2, 0.25) is 0 Å². The lowest BCUT2D eigenvalue weighted by atomic mass is 9.82. The van der Waals surface area contributed by atoms with Crippen LogP contribution in [0.3, 0.4) is 0 Å². The molecular weight excluding hydrogens is 412 g/mol. The minimum absolute atomic E-state index is 0.119. The van der Waals surface area contributed by atoms with Crippen LogP contribution < -0.4 is 11.1 Å². The highest BCUT2D eigenvalue weighted by Gasteiger charge is 2.33. The molecule has 6 nitrogen and oxygen atoms in total. The van der Waals surface area contributed by atoms with Crippen LogP contribution in [0.4, 0.5) is 4.79 Å². The van der Waals surface area contributed by atoms with E-state index in [9.17, 15) is 9.59 Å². The van der Waals surface area contributed by atoms with E-state index in [0.717, 1.165) is 33.3 Å². The second-order valence-corrected chi connectivity index (χ2v) is 9.26. The molecular formula is C27H36N4O2. The molecule has 33 heavy (non-hydrogen) atoms. The van der Waals surface area contributed by atoms with E-state index >= 15 is 0 Å². The lowest BCUT2D eigenvalue weighted by Gasteiger charge is -2.31. The van der Waals surface area contributed by atoms with Gasteiger partial charge in [-0.15, -0.1) is 0 Å². The first-order valence-corrected chi connectivity index (χ1v) is 11.6. The van der Waals surface area contributed by atoms with E-state index in [4.69, 9.17) is 5.73 Å². The Bertz CT molecular complexity index is 1150. The Kier molecular flexibility index (Phi) is 7.15. The number of primary amides is 1.